The Kier molecular flexibility index (Phi) is 5.41. The van der Waals surface area contributed by atoms with Gasteiger partial charge in [-0.1, -0.05) is 17.3 Å². The maximum absolute atomic E-state index is 12.4. The minimum absolute atomic E-state index is 0.110. The molecule has 0 saturated carbocycles. The number of aromatic nitrogens is 6. The van der Waals surface area contributed by atoms with Crippen molar-refractivity contribution in [2.24, 2.45) is 0 Å². The van der Waals surface area contributed by atoms with Gasteiger partial charge in [0.15, 0.2) is 5.76 Å². The molecule has 2 N–H and O–H groups in total. The van der Waals surface area contributed by atoms with E-state index in [4.69, 9.17) is 4.52 Å². The zero-order valence-electron chi connectivity index (χ0n) is 20.2. The standard InChI is InChI=1S/C26H24N8O3/c1-16(21-15-34-12-4-3-8-23(34)30-21)28-25-27-11-9-19(31-25)17-6-5-7-18(29-17)20-14-22(37-32-20)26(36)10-13-33(2)24(26)35/h3-9,11-12,14-16,36H,10,13H2,1-2H3,(H,27,28,31)/t16-,26+/m0/s1. The first-order valence-corrected chi connectivity index (χ1v) is 11.9. The molecule has 1 amide bonds. The fourth-order valence-electron chi connectivity index (χ4n) is 4.39. The number of nitrogens with one attached hydrogen (secondary N) is 1. The number of carbonyl (C=O) groups excluding carboxylic acids is 1. The van der Waals surface area contributed by atoms with E-state index in [1.165, 1.54) is 4.90 Å². The van der Waals surface area contributed by atoms with Gasteiger partial charge in [0.2, 0.25) is 11.5 Å². The molecular formula is C26H24N8O3. The number of amides is 1. The summed E-state index contributed by atoms with van der Waals surface area (Å²) in [4.78, 5) is 32.2. The lowest BCUT2D eigenvalue weighted by Crippen LogP contribution is -2.35. The molecule has 6 rings (SSSR count). The lowest BCUT2D eigenvalue weighted by molar-refractivity contribution is -0.144. The molecule has 1 saturated heterocycles. The predicted molar refractivity (Wildman–Crippen MR) is 134 cm³/mol. The summed E-state index contributed by atoms with van der Waals surface area (Å²) in [6.07, 6.45) is 5.84. The van der Waals surface area contributed by atoms with E-state index in [1.807, 2.05) is 54.0 Å². The van der Waals surface area contributed by atoms with E-state index in [0.29, 0.717) is 35.3 Å². The fourth-order valence-corrected chi connectivity index (χ4v) is 4.39. The van der Waals surface area contributed by atoms with Gasteiger partial charge < -0.3 is 24.2 Å². The van der Waals surface area contributed by atoms with Gasteiger partial charge in [0.25, 0.3) is 5.91 Å². The van der Waals surface area contributed by atoms with E-state index in [1.54, 1.807) is 31.4 Å². The molecule has 186 valence electrons. The van der Waals surface area contributed by atoms with Crippen LogP contribution in [0.2, 0.25) is 0 Å². The van der Waals surface area contributed by atoms with Crippen molar-refractivity contribution in [2.75, 3.05) is 18.9 Å². The number of nitrogens with zero attached hydrogens (tertiary/aromatic N) is 7. The quantitative estimate of drug-likeness (QED) is 0.364. The van der Waals surface area contributed by atoms with Crippen LogP contribution in [0.25, 0.3) is 28.4 Å². The Balaban J connectivity index is 1.23. The largest absolute Gasteiger partial charge is 0.373 e. The minimum Gasteiger partial charge on any atom is -0.373 e. The zero-order valence-corrected chi connectivity index (χ0v) is 20.2. The van der Waals surface area contributed by atoms with E-state index < -0.39 is 11.5 Å². The zero-order chi connectivity index (χ0) is 25.6. The molecule has 0 bridgehead atoms. The number of likely N-dealkylation sites (tertiary alicyclic amines) is 1. The van der Waals surface area contributed by atoms with Gasteiger partial charge in [0.1, 0.15) is 11.3 Å². The van der Waals surface area contributed by atoms with Crippen LogP contribution < -0.4 is 5.32 Å². The molecule has 5 aromatic rings. The Hall–Kier alpha value is -4.64. The van der Waals surface area contributed by atoms with E-state index >= 15 is 0 Å². The van der Waals surface area contributed by atoms with Crippen LogP contribution in [0.15, 0.2) is 71.6 Å². The second kappa shape index (κ2) is 8.79. The molecule has 0 radical (unpaired) electrons. The first-order chi connectivity index (χ1) is 17.9. The van der Waals surface area contributed by atoms with Gasteiger partial charge in [-0.15, -0.1) is 0 Å². The van der Waals surface area contributed by atoms with Crippen LogP contribution >= 0.6 is 0 Å². The highest BCUT2D eigenvalue weighted by Gasteiger charge is 2.48. The molecule has 1 aliphatic heterocycles. The number of fused-ring (bicyclic) bond motifs is 1. The third-order valence-electron chi connectivity index (χ3n) is 6.53. The number of imidazole rings is 1. The number of rotatable bonds is 6. The van der Waals surface area contributed by atoms with E-state index in [-0.39, 0.29) is 18.2 Å². The van der Waals surface area contributed by atoms with Crippen LogP contribution in [0, 0.1) is 0 Å². The SMILES string of the molecule is C[C@H](Nc1nccc(-c2cccc(-c3cc([C@]4(O)CCN(C)C4=O)on3)n2)n1)c1cn2ccccc2n1. The first-order valence-electron chi connectivity index (χ1n) is 11.9. The first kappa shape index (κ1) is 22.8. The third kappa shape index (κ3) is 4.08. The van der Waals surface area contributed by atoms with Gasteiger partial charge in [-0.25, -0.2) is 19.9 Å². The maximum Gasteiger partial charge on any atom is 0.262 e. The third-order valence-corrected chi connectivity index (χ3v) is 6.53. The molecule has 0 aromatic carbocycles. The second-order valence-electron chi connectivity index (χ2n) is 9.08. The van der Waals surface area contributed by atoms with E-state index in [0.717, 1.165) is 11.3 Å². The Morgan fingerprint density at radius 2 is 1.86 bits per heavy atom. The Bertz CT molecular complexity index is 1580. The summed E-state index contributed by atoms with van der Waals surface area (Å²) < 4.78 is 7.33. The number of hydrogen-bond acceptors (Lipinski definition) is 9. The number of pyridine rings is 2. The van der Waals surface area contributed by atoms with Gasteiger partial charge in [0.05, 0.1) is 28.8 Å². The monoisotopic (exact) mass is 496 g/mol. The highest BCUT2D eigenvalue weighted by molar-refractivity contribution is 5.87. The molecule has 2 atom stereocenters. The topological polar surface area (TPSA) is 135 Å². The summed E-state index contributed by atoms with van der Waals surface area (Å²) in [7, 11) is 1.64. The average molecular weight is 497 g/mol. The van der Waals surface area contributed by atoms with Crippen molar-refractivity contribution in [1.82, 2.24) is 34.4 Å². The summed E-state index contributed by atoms with van der Waals surface area (Å²) >= 11 is 0. The number of anilines is 1. The molecule has 6 heterocycles. The van der Waals surface area contributed by atoms with Crippen LogP contribution in [-0.4, -0.2) is 59.0 Å². The Labute approximate surface area is 211 Å². The van der Waals surface area contributed by atoms with Gasteiger partial charge >= 0.3 is 0 Å². The lowest BCUT2D eigenvalue weighted by Gasteiger charge is -2.16. The summed E-state index contributed by atoms with van der Waals surface area (Å²) in [5.41, 5.74) is 2.22. The highest BCUT2D eigenvalue weighted by atomic mass is 16.5. The molecule has 5 aromatic heterocycles. The molecule has 1 aliphatic rings. The van der Waals surface area contributed by atoms with Crippen LogP contribution in [0.3, 0.4) is 0 Å². The van der Waals surface area contributed by atoms with Crippen LogP contribution in [0.5, 0.6) is 0 Å². The lowest BCUT2D eigenvalue weighted by atomic mass is 9.98. The maximum atomic E-state index is 12.4. The summed E-state index contributed by atoms with van der Waals surface area (Å²) in [5, 5.41) is 18.2. The Morgan fingerprint density at radius 1 is 1.05 bits per heavy atom. The molecule has 0 unspecified atom stereocenters. The van der Waals surface area contributed by atoms with Crippen molar-refractivity contribution in [2.45, 2.75) is 25.0 Å². The highest BCUT2D eigenvalue weighted by Crippen LogP contribution is 2.34. The van der Waals surface area contributed by atoms with Crippen molar-refractivity contribution in [3.05, 3.63) is 78.6 Å². The Morgan fingerprint density at radius 3 is 2.65 bits per heavy atom. The van der Waals surface area contributed by atoms with Crippen molar-refractivity contribution in [3.8, 4) is 22.8 Å². The molecule has 0 spiro atoms. The van der Waals surface area contributed by atoms with E-state index in [9.17, 15) is 9.90 Å². The molecule has 0 aliphatic carbocycles. The van der Waals surface area contributed by atoms with Crippen LogP contribution in [0.1, 0.15) is 30.8 Å². The van der Waals surface area contributed by atoms with Crippen molar-refractivity contribution >= 4 is 17.5 Å². The molecule has 11 heteroatoms. The van der Waals surface area contributed by atoms with Crippen molar-refractivity contribution in [1.29, 1.82) is 0 Å². The summed E-state index contributed by atoms with van der Waals surface area (Å²) in [5.74, 6) is 0.151. The van der Waals surface area contributed by atoms with Crippen LogP contribution in [-0.2, 0) is 10.4 Å². The summed E-state index contributed by atoms with van der Waals surface area (Å²) in [6, 6.07) is 14.5. The second-order valence-corrected chi connectivity index (χ2v) is 9.08. The smallest absolute Gasteiger partial charge is 0.262 e. The van der Waals surface area contributed by atoms with E-state index in [2.05, 4.69) is 30.4 Å². The average Bonchev–Trinajstić information content (AvgIpc) is 3.65. The summed E-state index contributed by atoms with van der Waals surface area (Å²) in [6.45, 7) is 2.44. The molecule has 37 heavy (non-hydrogen) atoms. The predicted octanol–water partition coefficient (Wildman–Crippen LogP) is 3.06. The van der Waals surface area contributed by atoms with Crippen molar-refractivity contribution in [3.63, 3.8) is 0 Å². The number of hydrogen-bond donors (Lipinski definition) is 2. The number of likely N-dealkylation sites (N-methyl/N-ethyl adjacent to an activating group) is 1. The van der Waals surface area contributed by atoms with Gasteiger partial charge in [-0.2, -0.15) is 0 Å². The normalized spacial score (nSPS) is 18.5. The van der Waals surface area contributed by atoms with Crippen LogP contribution in [0.4, 0.5) is 5.95 Å². The number of carbonyl (C=O) groups is 1. The molecular weight excluding hydrogens is 472 g/mol. The van der Waals surface area contributed by atoms with Gasteiger partial charge in [0, 0.05) is 44.7 Å². The molecule has 11 nitrogen and oxygen atoms in total. The van der Waals surface area contributed by atoms with Gasteiger partial charge in [-0.3, -0.25) is 4.79 Å². The van der Waals surface area contributed by atoms with Gasteiger partial charge in [-0.05, 0) is 37.3 Å². The van der Waals surface area contributed by atoms with Crippen molar-refractivity contribution < 1.29 is 14.4 Å². The fraction of sp³-hybridized carbons (Fsp3) is 0.231. The number of aliphatic hydroxyl groups is 1. The minimum atomic E-state index is -1.71. The molecule has 1 fully saturated rings.